The van der Waals surface area contributed by atoms with Gasteiger partial charge in [0, 0.05) is 55.8 Å². The highest BCUT2D eigenvalue weighted by atomic mass is 16.5. The summed E-state index contributed by atoms with van der Waals surface area (Å²) in [5.41, 5.74) is 1.79. The Morgan fingerprint density at radius 3 is 2.70 bits per heavy atom. The first-order valence-corrected chi connectivity index (χ1v) is 11.2. The zero-order valence-electron chi connectivity index (χ0n) is 18.2. The molecule has 11 heteroatoms. The summed E-state index contributed by atoms with van der Waals surface area (Å²) >= 11 is 0. The Morgan fingerprint density at radius 1 is 1.03 bits per heavy atom. The van der Waals surface area contributed by atoms with Gasteiger partial charge in [0.15, 0.2) is 23.1 Å². The summed E-state index contributed by atoms with van der Waals surface area (Å²) in [5, 5.41) is 18.1. The third-order valence-electron chi connectivity index (χ3n) is 6.00. The van der Waals surface area contributed by atoms with E-state index in [-0.39, 0.29) is 6.04 Å². The number of nitrogens with one attached hydrogen (secondary N) is 3. The topological polar surface area (TPSA) is 134 Å². The summed E-state index contributed by atoms with van der Waals surface area (Å²) in [6.45, 7) is 0.823. The van der Waals surface area contributed by atoms with E-state index in [1.165, 1.54) is 18.5 Å². The molecule has 3 N–H and O–H groups in total. The number of aromatic nitrogens is 7. The molecule has 168 valence electrons. The van der Waals surface area contributed by atoms with E-state index >= 15 is 0 Å². The summed E-state index contributed by atoms with van der Waals surface area (Å²) in [6, 6.07) is 7.60. The second-order valence-electron chi connectivity index (χ2n) is 8.33. The average molecular weight is 445 g/mol. The van der Waals surface area contributed by atoms with Gasteiger partial charge in [-0.15, -0.1) is 0 Å². The van der Waals surface area contributed by atoms with Crippen LogP contribution in [0.1, 0.15) is 49.1 Å². The molecule has 1 aliphatic carbocycles. The minimum Gasteiger partial charge on any atom is -0.373 e. The van der Waals surface area contributed by atoms with Gasteiger partial charge >= 0.3 is 0 Å². The van der Waals surface area contributed by atoms with E-state index < -0.39 is 0 Å². The Morgan fingerprint density at radius 2 is 1.88 bits per heavy atom. The first-order valence-electron chi connectivity index (χ1n) is 11.2. The Balaban J connectivity index is 1.27. The molecule has 1 saturated carbocycles. The molecule has 0 bridgehead atoms. The maximum Gasteiger partial charge on any atom is 0.229 e. The van der Waals surface area contributed by atoms with E-state index in [4.69, 9.17) is 14.5 Å². The van der Waals surface area contributed by atoms with E-state index in [2.05, 4.69) is 46.9 Å². The van der Waals surface area contributed by atoms with Crippen molar-refractivity contribution in [3.8, 4) is 11.5 Å². The van der Waals surface area contributed by atoms with Crippen LogP contribution in [0.5, 0.6) is 0 Å². The Labute approximate surface area is 190 Å². The van der Waals surface area contributed by atoms with Crippen molar-refractivity contribution in [2.75, 3.05) is 29.1 Å². The molecule has 4 aromatic heterocycles. The summed E-state index contributed by atoms with van der Waals surface area (Å²) < 4.78 is 5.70. The van der Waals surface area contributed by atoms with Crippen LogP contribution in [-0.2, 0) is 0 Å². The van der Waals surface area contributed by atoms with E-state index in [0.29, 0.717) is 29.2 Å². The van der Waals surface area contributed by atoms with Crippen LogP contribution in [0.3, 0.4) is 0 Å². The van der Waals surface area contributed by atoms with Gasteiger partial charge in [0.25, 0.3) is 0 Å². The summed E-state index contributed by atoms with van der Waals surface area (Å²) in [5.74, 6) is 4.69. The molecule has 11 nitrogen and oxygen atoms in total. The molecule has 1 aliphatic heterocycles. The average Bonchev–Trinajstić information content (AvgIpc) is 3.23. The Kier molecular flexibility index (Phi) is 4.85. The fourth-order valence-corrected chi connectivity index (χ4v) is 4.18. The monoisotopic (exact) mass is 444 g/mol. The van der Waals surface area contributed by atoms with Crippen LogP contribution < -0.4 is 15.5 Å². The molecule has 1 saturated heterocycles. The SMILES string of the molecule is CNc1cc(Nc2cc(C3CC3)[nH]n2)nc(N2CCCC2c2cc(-c3ncccn3)no2)n1. The van der Waals surface area contributed by atoms with E-state index in [9.17, 15) is 0 Å². The van der Waals surface area contributed by atoms with Gasteiger partial charge in [-0.05, 0) is 31.7 Å². The molecule has 0 radical (unpaired) electrons. The molecule has 0 aromatic carbocycles. The fourth-order valence-electron chi connectivity index (χ4n) is 4.18. The van der Waals surface area contributed by atoms with Gasteiger partial charge < -0.3 is 20.1 Å². The van der Waals surface area contributed by atoms with Gasteiger partial charge in [-0.25, -0.2) is 9.97 Å². The Bertz CT molecular complexity index is 1250. The third kappa shape index (κ3) is 3.97. The van der Waals surface area contributed by atoms with Crippen LogP contribution in [0, 0.1) is 0 Å². The smallest absolute Gasteiger partial charge is 0.229 e. The van der Waals surface area contributed by atoms with Crippen molar-refractivity contribution in [2.24, 2.45) is 0 Å². The second kappa shape index (κ2) is 8.15. The minimum absolute atomic E-state index is 0.0122. The third-order valence-corrected chi connectivity index (χ3v) is 6.00. The number of hydrogen-bond donors (Lipinski definition) is 3. The highest BCUT2D eigenvalue weighted by Gasteiger charge is 2.32. The van der Waals surface area contributed by atoms with Crippen molar-refractivity contribution in [3.05, 3.63) is 48.1 Å². The van der Waals surface area contributed by atoms with Gasteiger partial charge in [-0.1, -0.05) is 5.16 Å². The van der Waals surface area contributed by atoms with Crippen molar-refractivity contribution in [1.82, 2.24) is 35.3 Å². The molecule has 2 aliphatic rings. The van der Waals surface area contributed by atoms with Crippen LogP contribution in [0.25, 0.3) is 11.5 Å². The largest absolute Gasteiger partial charge is 0.373 e. The molecular weight excluding hydrogens is 420 g/mol. The van der Waals surface area contributed by atoms with Crippen molar-refractivity contribution in [2.45, 2.75) is 37.6 Å². The van der Waals surface area contributed by atoms with Gasteiger partial charge in [0.1, 0.15) is 11.6 Å². The van der Waals surface area contributed by atoms with Crippen LogP contribution in [0.15, 0.2) is 41.2 Å². The summed E-state index contributed by atoms with van der Waals surface area (Å²) in [7, 11) is 1.85. The van der Waals surface area contributed by atoms with Gasteiger partial charge in [0.05, 0.1) is 6.04 Å². The highest BCUT2D eigenvalue weighted by molar-refractivity contribution is 5.60. The van der Waals surface area contributed by atoms with E-state index in [0.717, 1.165) is 36.8 Å². The highest BCUT2D eigenvalue weighted by Crippen LogP contribution is 2.40. The Hall–Kier alpha value is -4.02. The molecule has 2 fully saturated rings. The summed E-state index contributed by atoms with van der Waals surface area (Å²) in [6.07, 6.45) is 7.75. The second-order valence-corrected chi connectivity index (χ2v) is 8.33. The van der Waals surface area contributed by atoms with E-state index in [1.807, 2.05) is 19.2 Å². The molecule has 0 spiro atoms. The molecule has 1 atom stereocenters. The lowest BCUT2D eigenvalue weighted by Crippen LogP contribution is -2.25. The summed E-state index contributed by atoms with van der Waals surface area (Å²) in [4.78, 5) is 20.2. The van der Waals surface area contributed by atoms with Crippen molar-refractivity contribution in [3.63, 3.8) is 0 Å². The molecule has 4 aromatic rings. The standard InChI is InChI=1S/C22H24N10O/c1-23-18-12-19(26-20-11-14(29-30-20)13-5-6-13)28-22(27-18)32-9-2-4-16(32)17-10-15(31-33-17)21-24-7-3-8-25-21/h3,7-8,10-13,16H,2,4-6,9H2,1H3,(H3,23,26,27,28,29,30). The van der Waals surface area contributed by atoms with Gasteiger partial charge in [-0.3, -0.25) is 5.10 Å². The number of nitrogens with zero attached hydrogens (tertiary/aromatic N) is 7. The van der Waals surface area contributed by atoms with Crippen LogP contribution in [0.4, 0.5) is 23.4 Å². The fraction of sp³-hybridized carbons (Fsp3) is 0.364. The molecule has 1 unspecified atom stereocenters. The quantitative estimate of drug-likeness (QED) is 0.388. The lowest BCUT2D eigenvalue weighted by molar-refractivity contribution is 0.362. The van der Waals surface area contributed by atoms with Crippen molar-refractivity contribution < 1.29 is 4.52 Å². The number of H-pyrrole nitrogens is 1. The molecule has 0 amide bonds. The van der Waals surface area contributed by atoms with Crippen LogP contribution >= 0.6 is 0 Å². The zero-order valence-corrected chi connectivity index (χ0v) is 18.2. The molecule has 5 heterocycles. The predicted octanol–water partition coefficient (Wildman–Crippen LogP) is 3.65. The predicted molar refractivity (Wildman–Crippen MR) is 122 cm³/mol. The van der Waals surface area contributed by atoms with Crippen LogP contribution in [0.2, 0.25) is 0 Å². The first-order chi connectivity index (χ1) is 16.3. The lowest BCUT2D eigenvalue weighted by Gasteiger charge is -2.23. The maximum absolute atomic E-state index is 5.70. The van der Waals surface area contributed by atoms with Gasteiger partial charge in [0.2, 0.25) is 5.95 Å². The zero-order chi connectivity index (χ0) is 22.2. The maximum atomic E-state index is 5.70. The molecule has 33 heavy (non-hydrogen) atoms. The number of hydrogen-bond acceptors (Lipinski definition) is 10. The minimum atomic E-state index is -0.0122. The van der Waals surface area contributed by atoms with Crippen molar-refractivity contribution in [1.29, 1.82) is 0 Å². The van der Waals surface area contributed by atoms with Crippen LogP contribution in [-0.4, -0.2) is 48.9 Å². The number of aromatic amines is 1. The lowest BCUT2D eigenvalue weighted by atomic mass is 10.1. The van der Waals surface area contributed by atoms with Gasteiger partial charge in [-0.2, -0.15) is 15.1 Å². The number of anilines is 4. The normalized spacial score (nSPS) is 18.0. The molecule has 6 rings (SSSR count). The first kappa shape index (κ1) is 19.6. The van der Waals surface area contributed by atoms with E-state index in [1.54, 1.807) is 18.5 Å². The number of rotatable bonds is 7. The molecular formula is C22H24N10O. The van der Waals surface area contributed by atoms with Crippen molar-refractivity contribution >= 4 is 23.4 Å².